The average Bonchev–Trinajstić information content (AvgIpc) is 3.06. The third-order valence-electron chi connectivity index (χ3n) is 3.49. The summed E-state index contributed by atoms with van der Waals surface area (Å²) in [5.74, 6) is 1.06. The predicted octanol–water partition coefficient (Wildman–Crippen LogP) is 3.08. The lowest BCUT2D eigenvalue weighted by Gasteiger charge is -2.13. The molecule has 0 amide bonds. The normalized spacial score (nSPS) is 11.6. The molecule has 28 heavy (non-hydrogen) atoms. The number of hydrogen-bond donors (Lipinski definition) is 0. The number of aryl methyl sites for hydroxylation is 1. The van der Waals surface area contributed by atoms with Crippen LogP contribution in [0.25, 0.3) is 17.2 Å². The quantitative estimate of drug-likeness (QED) is 0.458. The molecule has 7 nitrogen and oxygen atoms in total. The summed E-state index contributed by atoms with van der Waals surface area (Å²) in [6.07, 6.45) is -2.91. The molecule has 11 heteroatoms. The Balaban J connectivity index is 1.95. The zero-order valence-corrected chi connectivity index (χ0v) is 15.8. The fraction of sp³-hybridized carbons (Fsp3) is 0.294. The van der Waals surface area contributed by atoms with Gasteiger partial charge in [-0.05, 0) is 30.0 Å². The van der Waals surface area contributed by atoms with Crippen LogP contribution in [-0.4, -0.2) is 42.9 Å². The molecule has 0 bridgehead atoms. The van der Waals surface area contributed by atoms with Crippen LogP contribution in [-0.2, 0) is 7.05 Å². The van der Waals surface area contributed by atoms with Crippen LogP contribution in [0.2, 0.25) is 0 Å². The van der Waals surface area contributed by atoms with Gasteiger partial charge in [0.25, 0.3) is 5.56 Å². The van der Waals surface area contributed by atoms with Gasteiger partial charge in [0.2, 0.25) is 0 Å². The van der Waals surface area contributed by atoms with E-state index < -0.39 is 12.8 Å². The first-order valence-electron chi connectivity index (χ1n) is 8.19. The van der Waals surface area contributed by atoms with Crippen LogP contribution in [0.15, 0.2) is 46.6 Å². The second kappa shape index (κ2) is 8.05. The maximum atomic E-state index is 12.7. The smallest absolute Gasteiger partial charge is 0.422 e. The number of aromatic nitrogens is 5. The van der Waals surface area contributed by atoms with E-state index in [0.717, 1.165) is 0 Å². The molecule has 0 aliphatic rings. The van der Waals surface area contributed by atoms with Crippen LogP contribution in [0.5, 0.6) is 5.75 Å². The third-order valence-corrected chi connectivity index (χ3v) is 4.31. The lowest BCUT2D eigenvalue weighted by Crippen LogP contribution is -2.21. The van der Waals surface area contributed by atoms with Gasteiger partial charge in [-0.3, -0.25) is 14.0 Å². The van der Waals surface area contributed by atoms with E-state index in [1.807, 2.05) is 6.92 Å². The number of alkyl halides is 3. The van der Waals surface area contributed by atoms with Crippen molar-refractivity contribution in [3.8, 4) is 23.0 Å². The van der Waals surface area contributed by atoms with E-state index in [1.54, 1.807) is 7.05 Å². The highest BCUT2D eigenvalue weighted by atomic mass is 32.2. The molecule has 0 spiro atoms. The van der Waals surface area contributed by atoms with Crippen LogP contribution in [0, 0.1) is 0 Å². The van der Waals surface area contributed by atoms with Gasteiger partial charge in [0, 0.05) is 13.1 Å². The molecule has 2 aromatic heterocycles. The largest absolute Gasteiger partial charge is 0.484 e. The topological polar surface area (TPSA) is 74.8 Å². The zero-order valence-electron chi connectivity index (χ0n) is 15.0. The molecule has 0 unspecified atom stereocenters. The Morgan fingerprint density at radius 2 is 1.93 bits per heavy atom. The summed E-state index contributed by atoms with van der Waals surface area (Å²) >= 11 is 1.35. The molecule has 0 N–H and O–H groups in total. The molecule has 0 atom stereocenters. The number of ether oxygens (including phenoxy) is 1. The van der Waals surface area contributed by atoms with Crippen LogP contribution in [0.4, 0.5) is 13.2 Å². The van der Waals surface area contributed by atoms with Crippen molar-refractivity contribution in [2.75, 3.05) is 12.4 Å². The molecule has 1 aromatic carbocycles. The highest BCUT2D eigenvalue weighted by Gasteiger charge is 2.28. The minimum Gasteiger partial charge on any atom is -0.484 e. The van der Waals surface area contributed by atoms with E-state index in [9.17, 15) is 18.0 Å². The van der Waals surface area contributed by atoms with Gasteiger partial charge in [0.05, 0.1) is 5.69 Å². The second-order valence-electron chi connectivity index (χ2n) is 5.67. The van der Waals surface area contributed by atoms with Gasteiger partial charge in [0.1, 0.15) is 17.8 Å². The monoisotopic (exact) mass is 411 g/mol. The molecule has 148 valence electrons. The number of halogens is 3. The van der Waals surface area contributed by atoms with Gasteiger partial charge in [-0.1, -0.05) is 18.7 Å². The van der Waals surface area contributed by atoms with Crippen LogP contribution < -0.4 is 10.3 Å². The fourth-order valence-electron chi connectivity index (χ4n) is 2.35. The fourth-order valence-corrected chi connectivity index (χ4v) is 3.10. The lowest BCUT2D eigenvalue weighted by molar-refractivity contribution is -0.153. The Hall–Kier alpha value is -2.82. The molecule has 3 rings (SSSR count). The standard InChI is InChI=1S/C17H16F3N5O2S/c1-3-28-16-22-13(15-21-10-24(2)23-15)8-14(26)25(16)11-4-6-12(7-5-11)27-9-17(18,19)20/h4-8,10H,3,9H2,1-2H3. The summed E-state index contributed by atoms with van der Waals surface area (Å²) in [4.78, 5) is 21.3. The minimum atomic E-state index is -4.42. The van der Waals surface area contributed by atoms with Crippen LogP contribution >= 0.6 is 11.8 Å². The van der Waals surface area contributed by atoms with E-state index in [1.165, 1.54) is 57.7 Å². The summed E-state index contributed by atoms with van der Waals surface area (Å²) in [6, 6.07) is 7.09. The van der Waals surface area contributed by atoms with Gasteiger partial charge in [0.15, 0.2) is 17.6 Å². The Kier molecular flexibility index (Phi) is 5.73. The van der Waals surface area contributed by atoms with Crippen molar-refractivity contribution in [3.05, 3.63) is 47.0 Å². The van der Waals surface area contributed by atoms with E-state index in [0.29, 0.717) is 28.1 Å². The Bertz CT molecular complexity index is 1010. The molecule has 2 heterocycles. The number of benzene rings is 1. The van der Waals surface area contributed by atoms with Crippen molar-refractivity contribution in [1.82, 2.24) is 24.3 Å². The molecule has 0 aliphatic heterocycles. The van der Waals surface area contributed by atoms with Crippen molar-refractivity contribution in [3.63, 3.8) is 0 Å². The number of nitrogens with zero attached hydrogens (tertiary/aromatic N) is 5. The molecular weight excluding hydrogens is 395 g/mol. The number of thioether (sulfide) groups is 1. The second-order valence-corrected chi connectivity index (χ2v) is 6.90. The zero-order chi connectivity index (χ0) is 20.3. The highest BCUT2D eigenvalue weighted by Crippen LogP contribution is 2.23. The SMILES string of the molecule is CCSc1nc(-c2ncn(C)n2)cc(=O)n1-c1ccc(OCC(F)(F)F)cc1. The highest BCUT2D eigenvalue weighted by molar-refractivity contribution is 7.99. The van der Waals surface area contributed by atoms with E-state index in [2.05, 4.69) is 15.1 Å². The summed E-state index contributed by atoms with van der Waals surface area (Å²) in [6.45, 7) is 0.539. The minimum absolute atomic E-state index is 0.0566. The van der Waals surface area contributed by atoms with Crippen molar-refractivity contribution < 1.29 is 17.9 Å². The third kappa shape index (κ3) is 4.71. The first kappa shape index (κ1) is 19.9. The van der Waals surface area contributed by atoms with Crippen LogP contribution in [0.1, 0.15) is 6.92 Å². The summed E-state index contributed by atoms with van der Waals surface area (Å²) in [5.41, 5.74) is 0.466. The van der Waals surface area contributed by atoms with Gasteiger partial charge in [-0.2, -0.15) is 13.2 Å². The van der Waals surface area contributed by atoms with Gasteiger partial charge in [-0.15, -0.1) is 5.10 Å². The van der Waals surface area contributed by atoms with Gasteiger partial charge >= 0.3 is 6.18 Å². The van der Waals surface area contributed by atoms with Crippen molar-refractivity contribution in [2.45, 2.75) is 18.3 Å². The number of hydrogen-bond acceptors (Lipinski definition) is 6. The molecule has 0 fully saturated rings. The maximum absolute atomic E-state index is 12.7. The Morgan fingerprint density at radius 3 is 2.50 bits per heavy atom. The molecule has 0 saturated carbocycles. The summed E-state index contributed by atoms with van der Waals surface area (Å²) < 4.78 is 44.4. The first-order chi connectivity index (χ1) is 13.3. The van der Waals surface area contributed by atoms with Crippen molar-refractivity contribution >= 4 is 11.8 Å². The maximum Gasteiger partial charge on any atom is 0.422 e. The Labute approximate surface area is 162 Å². The molecule has 0 saturated heterocycles. The lowest BCUT2D eigenvalue weighted by atomic mass is 10.3. The van der Waals surface area contributed by atoms with E-state index in [-0.39, 0.29) is 11.3 Å². The van der Waals surface area contributed by atoms with Gasteiger partial charge in [-0.25, -0.2) is 9.97 Å². The average molecular weight is 411 g/mol. The van der Waals surface area contributed by atoms with Crippen molar-refractivity contribution in [2.24, 2.45) is 7.05 Å². The first-order valence-corrected chi connectivity index (χ1v) is 9.18. The van der Waals surface area contributed by atoms with E-state index in [4.69, 9.17) is 4.74 Å². The van der Waals surface area contributed by atoms with Crippen LogP contribution in [0.3, 0.4) is 0 Å². The molecule has 3 aromatic rings. The molecular formula is C17H16F3N5O2S. The van der Waals surface area contributed by atoms with Crippen molar-refractivity contribution in [1.29, 1.82) is 0 Å². The van der Waals surface area contributed by atoms with E-state index >= 15 is 0 Å². The van der Waals surface area contributed by atoms with Gasteiger partial charge < -0.3 is 4.74 Å². The molecule has 0 radical (unpaired) electrons. The Morgan fingerprint density at radius 1 is 1.21 bits per heavy atom. The predicted molar refractivity (Wildman–Crippen MR) is 97.8 cm³/mol. The number of rotatable bonds is 6. The molecule has 0 aliphatic carbocycles. The summed E-state index contributed by atoms with van der Waals surface area (Å²) in [5, 5.41) is 4.59. The summed E-state index contributed by atoms with van der Waals surface area (Å²) in [7, 11) is 1.71.